The van der Waals surface area contributed by atoms with Crippen LogP contribution >= 0.6 is 0 Å². The number of aliphatic hydroxyl groups is 1. The largest absolute Gasteiger partial charge is 0.395 e. The fraction of sp³-hybridized carbons (Fsp3) is 0.588. The lowest BCUT2D eigenvalue weighted by Gasteiger charge is -2.24. The lowest BCUT2D eigenvalue weighted by molar-refractivity contribution is 0.265. The van der Waals surface area contributed by atoms with Gasteiger partial charge in [-0.3, -0.25) is 0 Å². The van der Waals surface area contributed by atoms with Crippen molar-refractivity contribution in [3.8, 4) is 6.07 Å². The van der Waals surface area contributed by atoms with Crippen molar-refractivity contribution >= 4 is 15.7 Å². The molecule has 3 atom stereocenters. The van der Waals surface area contributed by atoms with Crippen LogP contribution in [0.2, 0.25) is 0 Å². The Labute approximate surface area is 143 Å². The summed E-state index contributed by atoms with van der Waals surface area (Å²) in [6.45, 7) is 3.04. The molecule has 130 valence electrons. The van der Waals surface area contributed by atoms with Gasteiger partial charge in [0.2, 0.25) is 10.0 Å². The second-order valence-corrected chi connectivity index (χ2v) is 8.54. The van der Waals surface area contributed by atoms with Crippen molar-refractivity contribution in [2.24, 2.45) is 11.8 Å². The van der Waals surface area contributed by atoms with Crippen molar-refractivity contribution < 1.29 is 13.5 Å². The fourth-order valence-electron chi connectivity index (χ4n) is 3.86. The number of nitrogens with one attached hydrogen (secondary N) is 1. The van der Waals surface area contributed by atoms with Crippen LogP contribution in [0.4, 0.5) is 5.69 Å². The van der Waals surface area contributed by atoms with Crippen LogP contribution in [-0.2, 0) is 10.0 Å². The Hall–Kier alpha value is -1.62. The summed E-state index contributed by atoms with van der Waals surface area (Å²) >= 11 is 0. The molecule has 1 aliphatic heterocycles. The van der Waals surface area contributed by atoms with Gasteiger partial charge in [0.25, 0.3) is 0 Å². The minimum absolute atomic E-state index is 0.182. The summed E-state index contributed by atoms with van der Waals surface area (Å²) < 4.78 is 27.9. The van der Waals surface area contributed by atoms with E-state index in [4.69, 9.17) is 5.11 Å². The lowest BCUT2D eigenvalue weighted by Crippen LogP contribution is -2.36. The molecule has 0 radical (unpaired) electrons. The third-order valence-corrected chi connectivity index (χ3v) is 6.71. The molecule has 3 rings (SSSR count). The molecule has 1 heterocycles. The third-order valence-electron chi connectivity index (χ3n) is 5.07. The zero-order valence-electron chi connectivity index (χ0n) is 13.8. The van der Waals surface area contributed by atoms with Crippen molar-refractivity contribution in [3.63, 3.8) is 0 Å². The summed E-state index contributed by atoms with van der Waals surface area (Å²) in [6, 6.07) is 6.22. The van der Waals surface area contributed by atoms with E-state index >= 15 is 0 Å². The maximum atomic E-state index is 12.7. The zero-order valence-corrected chi connectivity index (χ0v) is 14.6. The number of aliphatic hydroxyl groups excluding tert-OH is 1. The summed E-state index contributed by atoms with van der Waals surface area (Å²) in [5.41, 5.74) is 1.05. The molecule has 0 bridgehead atoms. The first-order valence-corrected chi connectivity index (χ1v) is 9.85. The molecule has 0 aromatic heterocycles. The number of anilines is 1. The van der Waals surface area contributed by atoms with Gasteiger partial charge in [-0.05, 0) is 49.8 Å². The van der Waals surface area contributed by atoms with Crippen LogP contribution in [0.25, 0.3) is 0 Å². The molecule has 1 saturated heterocycles. The summed E-state index contributed by atoms with van der Waals surface area (Å²) in [7, 11) is -3.75. The normalized spacial score (nSPS) is 24.6. The van der Waals surface area contributed by atoms with Gasteiger partial charge in [0, 0.05) is 19.1 Å². The second kappa shape index (κ2) is 6.71. The van der Waals surface area contributed by atoms with Crippen LogP contribution < -0.4 is 9.62 Å². The average Bonchev–Trinajstić information content (AvgIpc) is 3.15. The van der Waals surface area contributed by atoms with Gasteiger partial charge in [-0.1, -0.05) is 6.42 Å². The predicted molar refractivity (Wildman–Crippen MR) is 91.1 cm³/mol. The van der Waals surface area contributed by atoms with Crippen LogP contribution in [0.1, 0.15) is 31.7 Å². The fourth-order valence-corrected chi connectivity index (χ4v) is 5.30. The number of fused-ring (bicyclic) bond motifs is 1. The molecule has 1 aromatic rings. The molecule has 1 aromatic carbocycles. The van der Waals surface area contributed by atoms with Crippen molar-refractivity contribution in [1.82, 2.24) is 4.72 Å². The molecule has 24 heavy (non-hydrogen) atoms. The van der Waals surface area contributed by atoms with Gasteiger partial charge in [0.1, 0.15) is 4.90 Å². The van der Waals surface area contributed by atoms with E-state index in [9.17, 15) is 13.7 Å². The van der Waals surface area contributed by atoms with Gasteiger partial charge in [-0.15, -0.1) is 0 Å². The molecule has 6 nitrogen and oxygen atoms in total. The summed E-state index contributed by atoms with van der Waals surface area (Å²) in [6.07, 6.45) is 3.64. The quantitative estimate of drug-likeness (QED) is 0.839. The van der Waals surface area contributed by atoms with E-state index in [2.05, 4.69) is 15.7 Å². The van der Waals surface area contributed by atoms with E-state index < -0.39 is 16.1 Å². The summed E-state index contributed by atoms with van der Waals surface area (Å²) in [5.74, 6) is 1.24. The van der Waals surface area contributed by atoms with Crippen LogP contribution in [0.3, 0.4) is 0 Å². The molecule has 7 heteroatoms. The Morgan fingerprint density at radius 1 is 1.38 bits per heavy atom. The van der Waals surface area contributed by atoms with Crippen molar-refractivity contribution in [2.45, 2.75) is 37.1 Å². The molecule has 0 amide bonds. The minimum Gasteiger partial charge on any atom is -0.395 e. The number of benzene rings is 1. The van der Waals surface area contributed by atoms with Gasteiger partial charge in [-0.25, -0.2) is 13.1 Å². The molecule has 1 saturated carbocycles. The van der Waals surface area contributed by atoms with Crippen LogP contribution in [0.15, 0.2) is 23.1 Å². The van der Waals surface area contributed by atoms with Crippen molar-refractivity contribution in [3.05, 3.63) is 23.8 Å². The molecule has 2 N–H and O–H groups in total. The van der Waals surface area contributed by atoms with Crippen LogP contribution in [0, 0.1) is 23.2 Å². The van der Waals surface area contributed by atoms with E-state index in [0.29, 0.717) is 23.1 Å². The number of hydrogen-bond donors (Lipinski definition) is 2. The molecule has 2 fully saturated rings. The first kappa shape index (κ1) is 17.2. The Kier molecular flexibility index (Phi) is 4.81. The maximum absolute atomic E-state index is 12.7. The molecule has 2 aliphatic rings. The van der Waals surface area contributed by atoms with E-state index in [1.165, 1.54) is 31.4 Å². The standard InChI is InChI=1S/C17H23N3O3S/c1-12(11-21)19-24(22,23)17-6-5-13(8-18)7-16(17)20-9-14-3-2-4-15(14)10-20/h5-7,12,14-15,19,21H,2-4,9-11H2,1H3/t12-,14-,15+/m0/s1. The van der Waals surface area contributed by atoms with Crippen molar-refractivity contribution in [1.29, 1.82) is 5.26 Å². The van der Waals surface area contributed by atoms with Gasteiger partial charge < -0.3 is 10.0 Å². The van der Waals surface area contributed by atoms with Crippen LogP contribution in [-0.4, -0.2) is 39.3 Å². The van der Waals surface area contributed by atoms with Crippen molar-refractivity contribution in [2.75, 3.05) is 24.6 Å². The highest BCUT2D eigenvalue weighted by atomic mass is 32.2. The highest BCUT2D eigenvalue weighted by molar-refractivity contribution is 7.89. The zero-order chi connectivity index (χ0) is 17.3. The highest BCUT2D eigenvalue weighted by Gasteiger charge is 2.37. The number of hydrogen-bond acceptors (Lipinski definition) is 5. The number of rotatable bonds is 5. The summed E-state index contributed by atoms with van der Waals surface area (Å²) in [4.78, 5) is 2.29. The van der Waals surface area contributed by atoms with E-state index in [1.54, 1.807) is 13.0 Å². The van der Waals surface area contributed by atoms with Crippen LogP contribution in [0.5, 0.6) is 0 Å². The van der Waals surface area contributed by atoms with Gasteiger partial charge in [0.05, 0.1) is 23.9 Å². The van der Waals surface area contributed by atoms with E-state index in [1.807, 2.05) is 0 Å². The second-order valence-electron chi connectivity index (χ2n) is 6.86. The lowest BCUT2D eigenvalue weighted by atomic mass is 10.0. The SMILES string of the molecule is C[C@@H](CO)NS(=O)(=O)c1ccc(C#N)cc1N1C[C@H]2CCC[C@H]2C1. The Bertz CT molecular complexity index is 745. The summed E-state index contributed by atoms with van der Waals surface area (Å²) in [5, 5.41) is 18.3. The Balaban J connectivity index is 1.97. The molecule has 0 spiro atoms. The monoisotopic (exact) mass is 349 g/mol. The molecule has 0 unspecified atom stereocenters. The first-order valence-electron chi connectivity index (χ1n) is 8.37. The molecular weight excluding hydrogens is 326 g/mol. The predicted octanol–water partition coefficient (Wildman–Crippen LogP) is 1.45. The smallest absolute Gasteiger partial charge is 0.242 e. The first-order chi connectivity index (χ1) is 11.4. The van der Waals surface area contributed by atoms with Gasteiger partial charge in [0.15, 0.2) is 0 Å². The Morgan fingerprint density at radius 2 is 2.04 bits per heavy atom. The number of nitrogens with zero attached hydrogens (tertiary/aromatic N) is 2. The van der Waals surface area contributed by atoms with Gasteiger partial charge >= 0.3 is 0 Å². The third kappa shape index (κ3) is 3.27. The Morgan fingerprint density at radius 3 is 2.62 bits per heavy atom. The van der Waals surface area contributed by atoms with E-state index in [-0.39, 0.29) is 11.5 Å². The minimum atomic E-state index is -3.75. The van der Waals surface area contributed by atoms with Gasteiger partial charge in [-0.2, -0.15) is 5.26 Å². The topological polar surface area (TPSA) is 93.4 Å². The molecular formula is C17H23N3O3S. The maximum Gasteiger partial charge on any atom is 0.242 e. The number of sulfonamides is 1. The van der Waals surface area contributed by atoms with E-state index in [0.717, 1.165) is 13.1 Å². The highest BCUT2D eigenvalue weighted by Crippen LogP contribution is 2.41. The molecule has 1 aliphatic carbocycles. The average molecular weight is 349 g/mol. The number of nitriles is 1.